The predicted octanol–water partition coefficient (Wildman–Crippen LogP) is 0.636. The maximum atomic E-state index is 9.59. The van der Waals surface area contributed by atoms with Gasteiger partial charge in [-0.05, 0) is 18.3 Å². The summed E-state index contributed by atoms with van der Waals surface area (Å²) in [6.45, 7) is 0. The highest BCUT2D eigenvalue weighted by molar-refractivity contribution is 4.97. The van der Waals surface area contributed by atoms with E-state index in [4.69, 9.17) is 5.73 Å². The summed E-state index contributed by atoms with van der Waals surface area (Å²) in [5.41, 5.74) is 5.93. The molecule has 2 fully saturated rings. The Labute approximate surface area is 85.3 Å². The minimum Gasteiger partial charge on any atom is -0.390 e. The second kappa shape index (κ2) is 4.17. The van der Waals surface area contributed by atoms with E-state index >= 15 is 0 Å². The van der Waals surface area contributed by atoms with Crippen molar-refractivity contribution in [1.82, 2.24) is 0 Å². The highest BCUT2D eigenvalue weighted by atomic mass is 16.3. The molecule has 1 unspecified atom stereocenters. The molecular formula is C11H21NO2. The normalized spacial score (nSPS) is 45.6. The summed E-state index contributed by atoms with van der Waals surface area (Å²) in [7, 11) is 0. The first-order valence-corrected chi connectivity index (χ1v) is 5.82. The van der Waals surface area contributed by atoms with E-state index in [1.807, 2.05) is 0 Å². The van der Waals surface area contributed by atoms with Crippen molar-refractivity contribution in [2.45, 2.75) is 56.8 Å². The highest BCUT2D eigenvalue weighted by Gasteiger charge is 2.42. The SMILES string of the molecule is N[C@@H]1C(C2CCCCC2)C[C@@H](O)[C@H]1O. The standard InChI is InChI=1S/C11H21NO2/c12-10-8(6-9(13)11(10)14)7-4-2-1-3-5-7/h7-11,13-14H,1-6,12H2/t8?,9-,10-,11-/m1/s1. The fourth-order valence-electron chi connectivity index (χ4n) is 3.15. The average molecular weight is 199 g/mol. The number of aliphatic hydroxyl groups excluding tert-OH is 2. The summed E-state index contributed by atoms with van der Waals surface area (Å²) in [6, 6.07) is -0.201. The molecule has 0 radical (unpaired) electrons. The number of nitrogens with two attached hydrogens (primary N) is 1. The summed E-state index contributed by atoms with van der Waals surface area (Å²) in [5.74, 6) is 0.992. The molecule has 0 aromatic rings. The molecule has 2 saturated carbocycles. The van der Waals surface area contributed by atoms with Gasteiger partial charge in [-0.1, -0.05) is 32.1 Å². The van der Waals surface area contributed by atoms with Crippen molar-refractivity contribution in [2.24, 2.45) is 17.6 Å². The van der Waals surface area contributed by atoms with Crippen LogP contribution in [0.3, 0.4) is 0 Å². The molecular weight excluding hydrogens is 178 g/mol. The Morgan fingerprint density at radius 1 is 1.00 bits per heavy atom. The first-order chi connectivity index (χ1) is 6.70. The van der Waals surface area contributed by atoms with Crippen LogP contribution < -0.4 is 5.73 Å². The topological polar surface area (TPSA) is 66.5 Å². The average Bonchev–Trinajstić information content (AvgIpc) is 2.47. The second-order valence-corrected chi connectivity index (χ2v) is 4.93. The fourth-order valence-corrected chi connectivity index (χ4v) is 3.15. The summed E-state index contributed by atoms with van der Waals surface area (Å²) in [4.78, 5) is 0. The number of aliphatic hydroxyl groups is 2. The van der Waals surface area contributed by atoms with Gasteiger partial charge < -0.3 is 15.9 Å². The minimum absolute atomic E-state index is 0.201. The Kier molecular flexibility index (Phi) is 3.10. The summed E-state index contributed by atoms with van der Waals surface area (Å²) >= 11 is 0. The van der Waals surface area contributed by atoms with Crippen LogP contribution in [0.5, 0.6) is 0 Å². The molecule has 4 N–H and O–H groups in total. The fraction of sp³-hybridized carbons (Fsp3) is 1.00. The summed E-state index contributed by atoms with van der Waals surface area (Å²) in [6.07, 6.45) is 5.81. The van der Waals surface area contributed by atoms with Crippen LogP contribution in [-0.2, 0) is 0 Å². The van der Waals surface area contributed by atoms with Crippen molar-refractivity contribution in [2.75, 3.05) is 0 Å². The Balaban J connectivity index is 1.97. The van der Waals surface area contributed by atoms with Gasteiger partial charge in [0, 0.05) is 6.04 Å². The predicted molar refractivity (Wildman–Crippen MR) is 54.7 cm³/mol. The molecule has 2 aliphatic rings. The summed E-state index contributed by atoms with van der Waals surface area (Å²) < 4.78 is 0. The maximum absolute atomic E-state index is 9.59. The van der Waals surface area contributed by atoms with E-state index < -0.39 is 12.2 Å². The Hall–Kier alpha value is -0.120. The summed E-state index contributed by atoms with van der Waals surface area (Å²) in [5, 5.41) is 19.1. The first-order valence-electron chi connectivity index (χ1n) is 5.82. The number of hydrogen-bond donors (Lipinski definition) is 3. The number of hydrogen-bond acceptors (Lipinski definition) is 3. The van der Waals surface area contributed by atoms with Crippen molar-refractivity contribution in [1.29, 1.82) is 0 Å². The van der Waals surface area contributed by atoms with Gasteiger partial charge in [-0.15, -0.1) is 0 Å². The molecule has 3 heteroatoms. The smallest absolute Gasteiger partial charge is 0.0952 e. The van der Waals surface area contributed by atoms with Gasteiger partial charge in [-0.2, -0.15) is 0 Å². The highest BCUT2D eigenvalue weighted by Crippen LogP contribution is 2.38. The van der Waals surface area contributed by atoms with Crippen LogP contribution in [0.1, 0.15) is 38.5 Å². The van der Waals surface area contributed by atoms with Crippen LogP contribution in [0.15, 0.2) is 0 Å². The van der Waals surface area contributed by atoms with E-state index in [2.05, 4.69) is 0 Å². The zero-order valence-electron chi connectivity index (χ0n) is 8.60. The number of rotatable bonds is 1. The van der Waals surface area contributed by atoms with Gasteiger partial charge in [0.1, 0.15) is 0 Å². The molecule has 0 heterocycles. The van der Waals surface area contributed by atoms with Crippen LogP contribution in [-0.4, -0.2) is 28.5 Å². The quantitative estimate of drug-likeness (QED) is 0.580. The molecule has 0 aliphatic heterocycles. The van der Waals surface area contributed by atoms with Gasteiger partial charge in [-0.25, -0.2) is 0 Å². The monoisotopic (exact) mass is 199 g/mol. The molecule has 0 bridgehead atoms. The van der Waals surface area contributed by atoms with Crippen LogP contribution in [0, 0.1) is 11.8 Å². The van der Waals surface area contributed by atoms with Crippen LogP contribution in [0.4, 0.5) is 0 Å². The minimum atomic E-state index is -0.693. The molecule has 2 aliphatic carbocycles. The van der Waals surface area contributed by atoms with Crippen LogP contribution in [0.2, 0.25) is 0 Å². The molecule has 82 valence electrons. The zero-order chi connectivity index (χ0) is 10.1. The lowest BCUT2D eigenvalue weighted by molar-refractivity contribution is 0.0360. The lowest BCUT2D eigenvalue weighted by Gasteiger charge is -2.30. The largest absolute Gasteiger partial charge is 0.390 e. The van der Waals surface area contributed by atoms with Gasteiger partial charge in [0.2, 0.25) is 0 Å². The van der Waals surface area contributed by atoms with E-state index in [9.17, 15) is 10.2 Å². The van der Waals surface area contributed by atoms with Gasteiger partial charge in [-0.3, -0.25) is 0 Å². The van der Waals surface area contributed by atoms with E-state index in [1.165, 1.54) is 32.1 Å². The second-order valence-electron chi connectivity index (χ2n) is 4.93. The third-order valence-corrected chi connectivity index (χ3v) is 4.05. The van der Waals surface area contributed by atoms with Crippen molar-refractivity contribution in [3.63, 3.8) is 0 Å². The Morgan fingerprint density at radius 2 is 1.64 bits per heavy atom. The van der Waals surface area contributed by atoms with Gasteiger partial charge in [0.25, 0.3) is 0 Å². The van der Waals surface area contributed by atoms with E-state index in [0.29, 0.717) is 18.3 Å². The van der Waals surface area contributed by atoms with E-state index in [-0.39, 0.29) is 6.04 Å². The lowest BCUT2D eigenvalue weighted by Crippen LogP contribution is -2.40. The van der Waals surface area contributed by atoms with Crippen LogP contribution in [0.25, 0.3) is 0 Å². The van der Waals surface area contributed by atoms with E-state index in [0.717, 1.165) is 0 Å². The molecule has 4 atom stereocenters. The first kappa shape index (κ1) is 10.4. The molecule has 2 rings (SSSR count). The molecule has 3 nitrogen and oxygen atoms in total. The third kappa shape index (κ3) is 1.81. The van der Waals surface area contributed by atoms with Crippen molar-refractivity contribution in [3.05, 3.63) is 0 Å². The van der Waals surface area contributed by atoms with Crippen molar-refractivity contribution >= 4 is 0 Å². The van der Waals surface area contributed by atoms with Crippen LogP contribution >= 0.6 is 0 Å². The Bertz CT molecular complexity index is 192. The van der Waals surface area contributed by atoms with Crippen molar-refractivity contribution < 1.29 is 10.2 Å². The molecule has 0 spiro atoms. The van der Waals surface area contributed by atoms with Gasteiger partial charge in [0.05, 0.1) is 12.2 Å². The van der Waals surface area contributed by atoms with Crippen molar-refractivity contribution in [3.8, 4) is 0 Å². The molecule has 0 aromatic carbocycles. The Morgan fingerprint density at radius 3 is 2.14 bits per heavy atom. The zero-order valence-corrected chi connectivity index (χ0v) is 8.60. The van der Waals surface area contributed by atoms with Gasteiger partial charge in [0.15, 0.2) is 0 Å². The molecule has 14 heavy (non-hydrogen) atoms. The lowest BCUT2D eigenvalue weighted by atomic mass is 9.78. The molecule has 0 saturated heterocycles. The maximum Gasteiger partial charge on any atom is 0.0952 e. The molecule has 0 amide bonds. The van der Waals surface area contributed by atoms with E-state index in [1.54, 1.807) is 0 Å². The third-order valence-electron chi connectivity index (χ3n) is 4.05. The molecule has 0 aromatic heterocycles. The van der Waals surface area contributed by atoms with Gasteiger partial charge >= 0.3 is 0 Å².